The van der Waals surface area contributed by atoms with Gasteiger partial charge in [-0.15, -0.1) is 10.2 Å². The minimum absolute atomic E-state index is 0.00444. The van der Waals surface area contributed by atoms with E-state index in [-0.39, 0.29) is 11.5 Å². The Morgan fingerprint density at radius 3 is 2.71 bits per heavy atom. The van der Waals surface area contributed by atoms with Crippen LogP contribution in [0.2, 0.25) is 0 Å². The first-order chi connectivity index (χ1) is 6.55. The number of rotatable bonds is 1. The van der Waals surface area contributed by atoms with Crippen LogP contribution in [0.15, 0.2) is 0 Å². The summed E-state index contributed by atoms with van der Waals surface area (Å²) in [4.78, 5) is 0. The zero-order valence-corrected chi connectivity index (χ0v) is 8.82. The quantitative estimate of drug-likeness (QED) is 0.672. The molecule has 2 unspecified atom stereocenters. The van der Waals surface area contributed by atoms with Crippen LogP contribution in [0.25, 0.3) is 0 Å². The third-order valence-corrected chi connectivity index (χ3v) is 3.12. The fraction of sp³-hybridized carbons (Fsp3) is 0.778. The average molecular weight is 196 g/mol. The molecule has 1 aromatic rings. The van der Waals surface area contributed by atoms with Crippen molar-refractivity contribution < 1.29 is 4.74 Å². The van der Waals surface area contributed by atoms with Crippen LogP contribution in [0, 0.1) is 6.92 Å². The molecule has 0 aromatic carbocycles. The summed E-state index contributed by atoms with van der Waals surface area (Å²) in [7, 11) is 1.96. The van der Waals surface area contributed by atoms with Gasteiger partial charge in [0.05, 0.1) is 18.6 Å². The molecule has 2 rings (SSSR count). The van der Waals surface area contributed by atoms with Crippen LogP contribution in [0.5, 0.6) is 0 Å². The minimum atomic E-state index is -0.198. The highest BCUT2D eigenvalue weighted by molar-refractivity contribution is 5.15. The summed E-state index contributed by atoms with van der Waals surface area (Å²) in [5.74, 6) is 1.82. The largest absolute Gasteiger partial charge is 0.379 e. The second-order valence-corrected chi connectivity index (χ2v) is 4.17. The van der Waals surface area contributed by atoms with Crippen LogP contribution in [0.3, 0.4) is 0 Å². The van der Waals surface area contributed by atoms with Gasteiger partial charge in [0.1, 0.15) is 11.6 Å². The van der Waals surface area contributed by atoms with Crippen LogP contribution in [-0.4, -0.2) is 34.0 Å². The number of hydrogen-bond acceptors (Lipinski definition) is 4. The van der Waals surface area contributed by atoms with Gasteiger partial charge in [0.15, 0.2) is 0 Å². The Bertz CT molecular complexity index is 349. The second-order valence-electron chi connectivity index (χ2n) is 4.17. The monoisotopic (exact) mass is 196 g/mol. The summed E-state index contributed by atoms with van der Waals surface area (Å²) in [5.41, 5.74) is 5.82. The number of ether oxygens (including phenoxy) is 1. The molecule has 1 aromatic heterocycles. The number of nitrogens with two attached hydrogens (primary N) is 1. The van der Waals surface area contributed by atoms with Crippen LogP contribution in [0.4, 0.5) is 0 Å². The molecule has 0 amide bonds. The van der Waals surface area contributed by atoms with Crippen molar-refractivity contribution in [2.45, 2.75) is 25.3 Å². The summed E-state index contributed by atoms with van der Waals surface area (Å²) in [5, 5.41) is 8.21. The third-order valence-electron chi connectivity index (χ3n) is 3.12. The lowest BCUT2D eigenvalue weighted by Gasteiger charge is -2.25. The molecule has 0 radical (unpaired) electrons. The molecule has 14 heavy (non-hydrogen) atoms. The molecule has 1 fully saturated rings. The first-order valence-electron chi connectivity index (χ1n) is 4.75. The lowest BCUT2D eigenvalue weighted by molar-refractivity contribution is 0.177. The molecule has 1 saturated heterocycles. The standard InChI is InChI=1S/C9H16N4O/c1-6-11-12-8(13(6)3)9(2)5-14-4-7(9)10/h7H,4-5,10H2,1-3H3. The molecule has 78 valence electrons. The zero-order chi connectivity index (χ0) is 10.3. The van der Waals surface area contributed by atoms with Crippen molar-refractivity contribution in [3.63, 3.8) is 0 Å². The van der Waals surface area contributed by atoms with Crippen molar-refractivity contribution in [2.24, 2.45) is 12.8 Å². The van der Waals surface area contributed by atoms with Crippen molar-refractivity contribution in [1.82, 2.24) is 14.8 Å². The van der Waals surface area contributed by atoms with Crippen LogP contribution in [0.1, 0.15) is 18.6 Å². The van der Waals surface area contributed by atoms with E-state index in [4.69, 9.17) is 10.5 Å². The van der Waals surface area contributed by atoms with Gasteiger partial charge in [-0.3, -0.25) is 0 Å². The summed E-state index contributed by atoms with van der Waals surface area (Å²) in [6.45, 7) is 5.23. The number of hydrogen-bond donors (Lipinski definition) is 1. The van der Waals surface area contributed by atoms with E-state index in [0.717, 1.165) is 11.6 Å². The summed E-state index contributed by atoms with van der Waals surface area (Å²) < 4.78 is 7.37. The molecule has 2 heterocycles. The molecule has 2 atom stereocenters. The lowest BCUT2D eigenvalue weighted by Crippen LogP contribution is -2.43. The predicted octanol–water partition coefficient (Wildman–Crippen LogP) is -0.261. The summed E-state index contributed by atoms with van der Waals surface area (Å²) >= 11 is 0. The number of aryl methyl sites for hydroxylation is 1. The number of aromatic nitrogens is 3. The van der Waals surface area contributed by atoms with E-state index in [0.29, 0.717) is 13.2 Å². The fourth-order valence-corrected chi connectivity index (χ4v) is 1.82. The predicted molar refractivity (Wildman–Crippen MR) is 51.9 cm³/mol. The molecule has 0 bridgehead atoms. The van der Waals surface area contributed by atoms with Gasteiger partial charge in [0, 0.05) is 13.1 Å². The lowest BCUT2D eigenvalue weighted by atomic mass is 9.85. The Morgan fingerprint density at radius 1 is 1.57 bits per heavy atom. The van der Waals surface area contributed by atoms with E-state index < -0.39 is 0 Å². The maximum atomic E-state index is 6.02. The number of nitrogens with zero attached hydrogens (tertiary/aromatic N) is 3. The molecular weight excluding hydrogens is 180 g/mol. The van der Waals surface area contributed by atoms with Crippen LogP contribution >= 0.6 is 0 Å². The Labute approximate surface area is 83.3 Å². The van der Waals surface area contributed by atoms with Crippen molar-refractivity contribution >= 4 is 0 Å². The zero-order valence-electron chi connectivity index (χ0n) is 8.82. The highest BCUT2D eigenvalue weighted by Crippen LogP contribution is 2.30. The van der Waals surface area contributed by atoms with Crippen molar-refractivity contribution in [1.29, 1.82) is 0 Å². The third kappa shape index (κ3) is 1.16. The van der Waals surface area contributed by atoms with Gasteiger partial charge in [-0.2, -0.15) is 0 Å². The summed E-state index contributed by atoms with van der Waals surface area (Å²) in [6.07, 6.45) is 0. The van der Waals surface area contributed by atoms with Crippen molar-refractivity contribution in [3.8, 4) is 0 Å². The molecule has 0 saturated carbocycles. The van der Waals surface area contributed by atoms with E-state index in [1.807, 2.05) is 18.5 Å². The van der Waals surface area contributed by atoms with Gasteiger partial charge in [-0.1, -0.05) is 0 Å². The minimum Gasteiger partial charge on any atom is -0.379 e. The normalized spacial score (nSPS) is 32.4. The highest BCUT2D eigenvalue weighted by atomic mass is 16.5. The average Bonchev–Trinajstić information content (AvgIpc) is 2.62. The Balaban J connectivity index is 2.43. The van der Waals surface area contributed by atoms with E-state index in [2.05, 4.69) is 17.1 Å². The fourth-order valence-electron chi connectivity index (χ4n) is 1.82. The molecule has 0 spiro atoms. The summed E-state index contributed by atoms with van der Waals surface area (Å²) in [6, 6.07) is 0.00444. The SMILES string of the molecule is Cc1nnc(C2(C)COCC2N)n1C. The van der Waals surface area contributed by atoms with E-state index in [1.165, 1.54) is 0 Å². The Morgan fingerprint density at radius 2 is 2.29 bits per heavy atom. The van der Waals surface area contributed by atoms with Crippen LogP contribution < -0.4 is 5.73 Å². The first-order valence-corrected chi connectivity index (χ1v) is 4.75. The van der Waals surface area contributed by atoms with E-state index >= 15 is 0 Å². The van der Waals surface area contributed by atoms with Crippen molar-refractivity contribution in [2.75, 3.05) is 13.2 Å². The molecule has 0 aliphatic carbocycles. The maximum Gasteiger partial charge on any atom is 0.142 e. The van der Waals surface area contributed by atoms with E-state index in [1.54, 1.807) is 0 Å². The van der Waals surface area contributed by atoms with Gasteiger partial charge in [-0.25, -0.2) is 0 Å². The molecule has 2 N–H and O–H groups in total. The molecule has 1 aliphatic heterocycles. The maximum absolute atomic E-state index is 6.02. The first kappa shape index (κ1) is 9.61. The van der Waals surface area contributed by atoms with Gasteiger partial charge < -0.3 is 15.0 Å². The van der Waals surface area contributed by atoms with Gasteiger partial charge in [0.2, 0.25) is 0 Å². The van der Waals surface area contributed by atoms with Crippen LogP contribution in [-0.2, 0) is 17.2 Å². The molecule has 1 aliphatic rings. The van der Waals surface area contributed by atoms with Gasteiger partial charge in [-0.05, 0) is 13.8 Å². The molecule has 5 nitrogen and oxygen atoms in total. The second kappa shape index (κ2) is 3.03. The highest BCUT2D eigenvalue weighted by Gasteiger charge is 2.43. The molecular formula is C9H16N4O. The van der Waals surface area contributed by atoms with E-state index in [9.17, 15) is 0 Å². The topological polar surface area (TPSA) is 66.0 Å². The van der Waals surface area contributed by atoms with Gasteiger partial charge >= 0.3 is 0 Å². The Kier molecular flexibility index (Phi) is 2.08. The molecule has 5 heteroatoms. The van der Waals surface area contributed by atoms with Gasteiger partial charge in [0.25, 0.3) is 0 Å². The Hall–Kier alpha value is -0.940. The smallest absolute Gasteiger partial charge is 0.142 e. The van der Waals surface area contributed by atoms with Crippen molar-refractivity contribution in [3.05, 3.63) is 11.6 Å².